The summed E-state index contributed by atoms with van der Waals surface area (Å²) >= 11 is 1.64. The van der Waals surface area contributed by atoms with Crippen LogP contribution < -0.4 is 15.2 Å². The van der Waals surface area contributed by atoms with Gasteiger partial charge in [-0.3, -0.25) is 4.79 Å². The van der Waals surface area contributed by atoms with Crippen LogP contribution >= 0.6 is 11.8 Å². The maximum Gasteiger partial charge on any atom is 0.258 e. The minimum Gasteiger partial charge on any atom is -0.493 e. The molecule has 2 N–H and O–H groups in total. The third-order valence-corrected chi connectivity index (χ3v) is 6.13. The van der Waals surface area contributed by atoms with Gasteiger partial charge in [0.1, 0.15) is 0 Å². The summed E-state index contributed by atoms with van der Waals surface area (Å²) in [5.41, 5.74) is 11.0. The Balaban J connectivity index is 2.02. The maximum atomic E-state index is 12.7. The van der Waals surface area contributed by atoms with E-state index in [-0.39, 0.29) is 5.91 Å². The first-order chi connectivity index (χ1) is 14.0. The zero-order chi connectivity index (χ0) is 20.7. The number of aromatic nitrogens is 1. The molecular weight excluding hydrogens is 386 g/mol. The van der Waals surface area contributed by atoms with Crippen molar-refractivity contribution in [2.75, 3.05) is 32.8 Å². The molecule has 7 heteroatoms. The van der Waals surface area contributed by atoms with Crippen molar-refractivity contribution in [2.24, 2.45) is 0 Å². The molecule has 0 unspecified atom stereocenters. The molecule has 1 aliphatic rings. The lowest BCUT2D eigenvalue weighted by atomic mass is 9.98. The first-order valence-electron chi connectivity index (χ1n) is 9.34. The molecule has 2 aromatic carbocycles. The second kappa shape index (κ2) is 7.48. The number of carbonyl (C=O) groups excluding carboxylic acids is 1. The van der Waals surface area contributed by atoms with Crippen molar-refractivity contribution < 1.29 is 14.3 Å². The first kappa shape index (κ1) is 19.4. The van der Waals surface area contributed by atoms with Crippen LogP contribution in [0.2, 0.25) is 0 Å². The van der Waals surface area contributed by atoms with E-state index >= 15 is 0 Å². The van der Waals surface area contributed by atoms with Crippen molar-refractivity contribution in [3.8, 4) is 22.6 Å². The number of methoxy groups -OCH3 is 2. The topological polar surface area (TPSA) is 77.7 Å². The molecule has 2 heterocycles. The molecule has 0 spiro atoms. The number of hydrogen-bond acceptors (Lipinski definition) is 6. The van der Waals surface area contributed by atoms with Crippen molar-refractivity contribution in [2.45, 2.75) is 18.4 Å². The highest BCUT2D eigenvalue weighted by Gasteiger charge is 2.31. The van der Waals surface area contributed by atoms with Gasteiger partial charge in [0.2, 0.25) is 0 Å². The number of pyridine rings is 1. The lowest BCUT2D eigenvalue weighted by Gasteiger charge is -2.16. The number of carbonyl (C=O) groups is 1. The van der Waals surface area contributed by atoms with E-state index < -0.39 is 0 Å². The van der Waals surface area contributed by atoms with Gasteiger partial charge in [-0.25, -0.2) is 4.98 Å². The number of nitrogen functional groups attached to an aromatic ring is 1. The van der Waals surface area contributed by atoms with Crippen LogP contribution in [0.5, 0.6) is 11.5 Å². The summed E-state index contributed by atoms with van der Waals surface area (Å²) in [5, 5.41) is 0.789. The van der Waals surface area contributed by atoms with Gasteiger partial charge in [0.05, 0.1) is 43.2 Å². The third-order valence-electron chi connectivity index (χ3n) is 5.35. The maximum absolute atomic E-state index is 12.7. The summed E-state index contributed by atoms with van der Waals surface area (Å²) in [4.78, 5) is 20.5. The Kier molecular flexibility index (Phi) is 5.00. The van der Waals surface area contributed by atoms with Gasteiger partial charge in [-0.1, -0.05) is 6.07 Å². The van der Waals surface area contributed by atoms with Crippen molar-refractivity contribution in [1.82, 2.24) is 9.88 Å². The number of nitrogens with two attached hydrogens (primary N) is 1. The first-order valence-corrected chi connectivity index (χ1v) is 10.6. The molecule has 0 aliphatic carbocycles. The Morgan fingerprint density at radius 3 is 2.55 bits per heavy atom. The van der Waals surface area contributed by atoms with Crippen LogP contribution in [0.4, 0.5) is 5.69 Å². The van der Waals surface area contributed by atoms with Gasteiger partial charge in [0.15, 0.2) is 11.5 Å². The van der Waals surface area contributed by atoms with Crippen LogP contribution in [0, 0.1) is 0 Å². The minimum absolute atomic E-state index is 0.0454. The summed E-state index contributed by atoms with van der Waals surface area (Å²) < 4.78 is 10.9. The number of thioether (sulfide) groups is 1. The predicted octanol–water partition coefficient (Wildman–Crippen LogP) is 4.20. The summed E-state index contributed by atoms with van der Waals surface area (Å²) in [5.74, 6) is 1.27. The van der Waals surface area contributed by atoms with Crippen LogP contribution in [0.3, 0.4) is 0 Å². The average Bonchev–Trinajstić information content (AvgIpc) is 3.08. The van der Waals surface area contributed by atoms with Gasteiger partial charge >= 0.3 is 0 Å². The molecule has 0 atom stereocenters. The van der Waals surface area contributed by atoms with Gasteiger partial charge in [0.25, 0.3) is 5.91 Å². The van der Waals surface area contributed by atoms with Gasteiger partial charge in [-0.15, -0.1) is 11.8 Å². The number of amides is 1. The Hall–Kier alpha value is -2.93. The fourth-order valence-corrected chi connectivity index (χ4v) is 4.47. The van der Waals surface area contributed by atoms with Gasteiger partial charge in [0, 0.05) is 22.4 Å². The molecule has 1 amide bonds. The molecule has 4 rings (SSSR count). The number of ether oxygens (including phenoxy) is 2. The Morgan fingerprint density at radius 2 is 1.90 bits per heavy atom. The molecule has 0 saturated carbocycles. The molecule has 150 valence electrons. The van der Waals surface area contributed by atoms with Crippen LogP contribution in [0.25, 0.3) is 22.0 Å². The summed E-state index contributed by atoms with van der Waals surface area (Å²) in [7, 11) is 3.24. The second-order valence-corrected chi connectivity index (χ2v) is 7.62. The number of anilines is 1. The second-order valence-electron chi connectivity index (χ2n) is 6.78. The molecule has 3 aromatic rings. The molecule has 1 aromatic heterocycles. The van der Waals surface area contributed by atoms with E-state index in [0.717, 1.165) is 32.6 Å². The van der Waals surface area contributed by atoms with Crippen LogP contribution in [0.15, 0.2) is 35.2 Å². The fourth-order valence-electron chi connectivity index (χ4n) is 3.85. The zero-order valence-electron chi connectivity index (χ0n) is 16.9. The highest BCUT2D eigenvalue weighted by Crippen LogP contribution is 2.42. The van der Waals surface area contributed by atoms with E-state index in [4.69, 9.17) is 20.2 Å². The Labute approximate surface area is 174 Å². The zero-order valence-corrected chi connectivity index (χ0v) is 17.7. The Morgan fingerprint density at radius 1 is 1.14 bits per heavy atom. The molecule has 0 fully saturated rings. The quantitative estimate of drug-likeness (QED) is 0.637. The van der Waals surface area contributed by atoms with Crippen LogP contribution in [0.1, 0.15) is 23.0 Å². The molecule has 1 aliphatic heterocycles. The minimum atomic E-state index is -0.0454. The van der Waals surface area contributed by atoms with Gasteiger partial charge in [-0.05, 0) is 43.0 Å². The summed E-state index contributed by atoms with van der Waals surface area (Å²) in [6.07, 6.45) is 2.03. The Bertz CT molecular complexity index is 1130. The molecule has 0 bridgehead atoms. The molecule has 0 radical (unpaired) electrons. The number of rotatable bonds is 5. The summed E-state index contributed by atoms with van der Waals surface area (Å²) in [6, 6.07) is 9.80. The number of fused-ring (bicyclic) bond motifs is 2. The monoisotopic (exact) mass is 409 g/mol. The van der Waals surface area contributed by atoms with Crippen molar-refractivity contribution in [3.63, 3.8) is 0 Å². The molecule has 29 heavy (non-hydrogen) atoms. The molecule has 6 nitrogen and oxygen atoms in total. The predicted molar refractivity (Wildman–Crippen MR) is 117 cm³/mol. The van der Waals surface area contributed by atoms with Crippen LogP contribution in [-0.4, -0.2) is 42.8 Å². The largest absolute Gasteiger partial charge is 0.493 e. The lowest BCUT2D eigenvalue weighted by Crippen LogP contribution is -2.23. The molecule has 0 saturated heterocycles. The highest BCUT2D eigenvalue weighted by atomic mass is 32.2. The van der Waals surface area contributed by atoms with Crippen molar-refractivity contribution in [1.29, 1.82) is 0 Å². The highest BCUT2D eigenvalue weighted by molar-refractivity contribution is 7.98. The van der Waals surface area contributed by atoms with Crippen LogP contribution in [-0.2, 0) is 6.54 Å². The smallest absolute Gasteiger partial charge is 0.258 e. The lowest BCUT2D eigenvalue weighted by molar-refractivity contribution is 0.0787. The SMILES string of the molecule is CCN1Cc2nc3c(-c4ccc(OC)c(OC)c4)c(SC)ccc3c(N)c2C1=O. The van der Waals surface area contributed by atoms with E-state index in [0.29, 0.717) is 35.8 Å². The van der Waals surface area contributed by atoms with E-state index in [2.05, 4.69) is 0 Å². The summed E-state index contributed by atoms with van der Waals surface area (Å²) in [6.45, 7) is 3.07. The fraction of sp³-hybridized carbons (Fsp3) is 0.273. The van der Waals surface area contributed by atoms with E-state index in [1.807, 2.05) is 43.5 Å². The van der Waals surface area contributed by atoms with E-state index in [1.165, 1.54) is 0 Å². The van der Waals surface area contributed by atoms with Gasteiger partial charge in [-0.2, -0.15) is 0 Å². The standard InChI is InChI=1S/C22H23N3O3S/c1-5-25-11-14-19(22(25)26)20(23)13-7-9-17(29-4)18(21(13)24-14)12-6-8-15(27-2)16(10-12)28-3/h6-10H,5,11H2,1-4H3,(H2,23,24). The van der Waals surface area contributed by atoms with E-state index in [9.17, 15) is 4.79 Å². The third kappa shape index (κ3) is 2.97. The number of hydrogen-bond donors (Lipinski definition) is 1. The van der Waals surface area contributed by atoms with Gasteiger partial charge < -0.3 is 20.1 Å². The van der Waals surface area contributed by atoms with E-state index in [1.54, 1.807) is 30.9 Å². The average molecular weight is 410 g/mol. The normalized spacial score (nSPS) is 13.1. The van der Waals surface area contributed by atoms with Crippen molar-refractivity contribution >= 4 is 34.3 Å². The molecular formula is C22H23N3O3S. The number of nitrogens with zero attached hydrogens (tertiary/aromatic N) is 2. The number of benzene rings is 2. The van der Waals surface area contributed by atoms with Crippen molar-refractivity contribution in [3.05, 3.63) is 41.6 Å².